The second-order valence-corrected chi connectivity index (χ2v) is 5.97. The summed E-state index contributed by atoms with van der Waals surface area (Å²) in [6.45, 7) is 0. The number of pyridine rings is 1. The summed E-state index contributed by atoms with van der Waals surface area (Å²) in [7, 11) is 1.73. The minimum Gasteiger partial charge on any atom is -0.475 e. The zero-order valence-corrected chi connectivity index (χ0v) is 13.1. The fourth-order valence-electron chi connectivity index (χ4n) is 3.08. The number of carbonyl (C=O) groups is 2. The van der Waals surface area contributed by atoms with E-state index in [2.05, 4.69) is 0 Å². The number of carbonyl (C=O) groups excluding carboxylic acids is 1. The molecule has 3 heterocycles. The molecule has 3 rings (SSSR count). The highest BCUT2D eigenvalue weighted by molar-refractivity contribution is 5.84. The Balaban J connectivity index is 1.90. The zero-order chi connectivity index (χ0) is 17.4. The maximum absolute atomic E-state index is 11.7. The van der Waals surface area contributed by atoms with Gasteiger partial charge in [0.25, 0.3) is 0 Å². The molecule has 0 unspecified atom stereocenters. The topological polar surface area (TPSA) is 111 Å². The van der Waals surface area contributed by atoms with Crippen LogP contribution in [0.1, 0.15) is 30.7 Å². The molecule has 0 saturated carbocycles. The van der Waals surface area contributed by atoms with Gasteiger partial charge in [0.2, 0.25) is 11.7 Å². The van der Waals surface area contributed by atoms with E-state index in [0.29, 0.717) is 12.8 Å². The van der Waals surface area contributed by atoms with Crippen LogP contribution in [0.25, 0.3) is 0 Å². The minimum atomic E-state index is -1.35. The maximum Gasteiger partial charge on any atom is 0.371 e. The van der Waals surface area contributed by atoms with Crippen LogP contribution in [0.2, 0.25) is 0 Å². The van der Waals surface area contributed by atoms with Crippen LogP contribution in [0.3, 0.4) is 0 Å². The number of hydrogen-bond acceptors (Lipinski definition) is 5. The normalized spacial score (nSPS) is 30.0. The minimum absolute atomic E-state index is 0.0656. The second kappa shape index (κ2) is 6.21. The Labute approximate surface area is 138 Å². The molecule has 2 aliphatic rings. The molecule has 1 saturated heterocycles. The molecule has 0 bridgehead atoms. The molecule has 8 nitrogen and oxygen atoms in total. The van der Waals surface area contributed by atoms with Crippen molar-refractivity contribution in [3.8, 4) is 0 Å². The molecule has 3 N–H and O–H groups in total. The average molecular weight is 335 g/mol. The first-order valence-electron chi connectivity index (χ1n) is 7.62. The van der Waals surface area contributed by atoms with E-state index in [1.807, 2.05) is 6.07 Å². The van der Waals surface area contributed by atoms with Gasteiger partial charge in [0.15, 0.2) is 18.5 Å². The number of ether oxygens (including phenoxy) is 1. The number of hydrogen-bond donors (Lipinski definition) is 3. The number of amides is 1. The van der Waals surface area contributed by atoms with Gasteiger partial charge in [-0.2, -0.15) is 4.57 Å². The van der Waals surface area contributed by atoms with Gasteiger partial charge in [-0.1, -0.05) is 0 Å². The average Bonchev–Trinajstić information content (AvgIpc) is 2.89. The first-order valence-corrected chi connectivity index (χ1v) is 7.62. The van der Waals surface area contributed by atoms with E-state index in [1.165, 1.54) is 4.57 Å². The van der Waals surface area contributed by atoms with E-state index in [1.54, 1.807) is 30.4 Å². The van der Waals surface area contributed by atoms with E-state index < -0.39 is 30.2 Å². The number of aliphatic carboxylic acids is 1. The van der Waals surface area contributed by atoms with Crippen LogP contribution in [0, 0.1) is 0 Å². The molecule has 0 aromatic carbocycles. The lowest BCUT2D eigenvalue weighted by molar-refractivity contribution is -0.769. The first-order chi connectivity index (χ1) is 11.4. The van der Waals surface area contributed by atoms with Gasteiger partial charge in [-0.05, 0) is 18.6 Å². The number of aromatic nitrogens is 1. The van der Waals surface area contributed by atoms with Crippen molar-refractivity contribution in [2.45, 2.75) is 37.3 Å². The lowest BCUT2D eigenvalue weighted by atomic mass is 10.1. The van der Waals surface area contributed by atoms with Crippen LogP contribution >= 0.6 is 0 Å². The summed E-state index contributed by atoms with van der Waals surface area (Å²) in [5, 5.41) is 29.1. The molecule has 0 radical (unpaired) electrons. The van der Waals surface area contributed by atoms with Crippen LogP contribution in [-0.2, 0) is 14.3 Å². The molecule has 0 spiro atoms. The summed E-state index contributed by atoms with van der Waals surface area (Å²) >= 11 is 0. The lowest BCUT2D eigenvalue weighted by Gasteiger charge is -2.27. The van der Waals surface area contributed by atoms with E-state index in [4.69, 9.17) is 9.84 Å². The van der Waals surface area contributed by atoms with E-state index >= 15 is 0 Å². The zero-order valence-electron chi connectivity index (χ0n) is 13.1. The van der Waals surface area contributed by atoms with Crippen molar-refractivity contribution in [1.82, 2.24) is 4.90 Å². The van der Waals surface area contributed by atoms with E-state index in [9.17, 15) is 19.8 Å². The summed E-state index contributed by atoms with van der Waals surface area (Å²) in [6.07, 6.45) is 1.73. The third kappa shape index (κ3) is 2.85. The van der Waals surface area contributed by atoms with Gasteiger partial charge in [0.1, 0.15) is 6.10 Å². The molecule has 2 aliphatic heterocycles. The number of aliphatic hydroxyl groups is 2. The van der Waals surface area contributed by atoms with Crippen LogP contribution < -0.4 is 4.57 Å². The second-order valence-electron chi connectivity index (χ2n) is 5.97. The molecule has 0 aliphatic carbocycles. The van der Waals surface area contributed by atoms with Crippen molar-refractivity contribution >= 4 is 11.9 Å². The third-order valence-corrected chi connectivity index (χ3v) is 4.44. The standard InChI is InChI=1S/C16H18N2O6/c1-17-10(4-5-13(17)20)9-3-2-6-18(8-9)15-14(21)11(19)7-12(24-15)16(22)23/h2-3,6-8,10-11,14-15,19,21H,4-5H2,1H3/p+1/t10-,11+,14+,15-/m0/s1. The number of rotatable bonds is 3. The lowest BCUT2D eigenvalue weighted by Crippen LogP contribution is -2.53. The summed E-state index contributed by atoms with van der Waals surface area (Å²) in [6, 6.07) is 3.51. The van der Waals surface area contributed by atoms with Crippen molar-refractivity contribution in [2.75, 3.05) is 7.05 Å². The maximum atomic E-state index is 11.7. The highest BCUT2D eigenvalue weighted by Gasteiger charge is 2.41. The van der Waals surface area contributed by atoms with Gasteiger partial charge in [-0.25, -0.2) is 4.79 Å². The van der Waals surface area contributed by atoms with Gasteiger partial charge in [0.05, 0.1) is 6.04 Å². The molecule has 1 aromatic heterocycles. The van der Waals surface area contributed by atoms with E-state index in [-0.39, 0.29) is 11.9 Å². The van der Waals surface area contributed by atoms with Crippen molar-refractivity contribution in [2.24, 2.45) is 0 Å². The third-order valence-electron chi connectivity index (χ3n) is 4.44. The van der Waals surface area contributed by atoms with Gasteiger partial charge in [-0.3, -0.25) is 4.79 Å². The van der Waals surface area contributed by atoms with Gasteiger partial charge in [-0.15, -0.1) is 0 Å². The summed E-state index contributed by atoms with van der Waals surface area (Å²) < 4.78 is 6.83. The SMILES string of the molecule is CN1C(=O)CC[C@H]1c1ccc[n+]([C@H]2OC(C(=O)O)=C[C@@H](O)[C@H]2O)c1. The fourth-order valence-corrected chi connectivity index (χ4v) is 3.08. The number of carboxylic acids is 1. The predicted molar refractivity (Wildman–Crippen MR) is 79.2 cm³/mol. The Morgan fingerprint density at radius 1 is 1.42 bits per heavy atom. The van der Waals surface area contributed by atoms with Gasteiger partial charge in [0, 0.05) is 25.1 Å². The molecule has 1 fully saturated rings. The van der Waals surface area contributed by atoms with Crippen molar-refractivity contribution in [3.63, 3.8) is 0 Å². The van der Waals surface area contributed by atoms with Gasteiger partial charge >= 0.3 is 12.2 Å². The van der Waals surface area contributed by atoms with Crippen molar-refractivity contribution in [3.05, 3.63) is 41.9 Å². The Bertz CT molecular complexity index is 704. The summed E-state index contributed by atoms with van der Waals surface area (Å²) in [5.74, 6) is -1.66. The molecule has 24 heavy (non-hydrogen) atoms. The molecule has 4 atom stereocenters. The van der Waals surface area contributed by atoms with E-state index in [0.717, 1.165) is 11.6 Å². The van der Waals surface area contributed by atoms with Crippen molar-refractivity contribution in [1.29, 1.82) is 0 Å². The van der Waals surface area contributed by atoms with Crippen LogP contribution in [-0.4, -0.2) is 51.4 Å². The first kappa shape index (κ1) is 16.4. The van der Waals surface area contributed by atoms with Crippen LogP contribution in [0.4, 0.5) is 0 Å². The molecule has 1 aromatic rings. The number of carboxylic acid groups (broad SMARTS) is 1. The van der Waals surface area contributed by atoms with Crippen LogP contribution in [0.5, 0.6) is 0 Å². The monoisotopic (exact) mass is 335 g/mol. The highest BCUT2D eigenvalue weighted by Crippen LogP contribution is 2.31. The number of aliphatic hydroxyl groups excluding tert-OH is 2. The molecular weight excluding hydrogens is 316 g/mol. The van der Waals surface area contributed by atoms with Crippen molar-refractivity contribution < 1.29 is 34.2 Å². The Morgan fingerprint density at radius 3 is 2.79 bits per heavy atom. The summed E-state index contributed by atoms with van der Waals surface area (Å²) in [4.78, 5) is 24.5. The Morgan fingerprint density at radius 2 is 2.17 bits per heavy atom. The Kier molecular flexibility index (Phi) is 4.25. The molecule has 1 amide bonds. The smallest absolute Gasteiger partial charge is 0.371 e. The van der Waals surface area contributed by atoms with Crippen LogP contribution in [0.15, 0.2) is 36.4 Å². The largest absolute Gasteiger partial charge is 0.475 e. The molecular formula is C16H19N2O6+. The fraction of sp³-hybridized carbons (Fsp3) is 0.438. The quantitative estimate of drug-likeness (QED) is 0.642. The Hall–Kier alpha value is -2.45. The molecule has 8 heteroatoms. The predicted octanol–water partition coefficient (Wildman–Crippen LogP) is -0.514. The summed E-state index contributed by atoms with van der Waals surface area (Å²) in [5.41, 5.74) is 0.850. The number of likely N-dealkylation sites (tertiary alicyclic amines) is 1. The molecule has 128 valence electrons. The number of nitrogens with zero attached hydrogens (tertiary/aromatic N) is 2. The van der Waals surface area contributed by atoms with Gasteiger partial charge < -0.3 is 25.0 Å². The highest BCUT2D eigenvalue weighted by atomic mass is 16.5.